The van der Waals surface area contributed by atoms with Crippen LogP contribution in [0.25, 0.3) is 0 Å². The van der Waals surface area contributed by atoms with Gasteiger partial charge in [-0.25, -0.2) is 0 Å². The van der Waals surface area contributed by atoms with Gasteiger partial charge in [0.2, 0.25) is 11.8 Å². The smallest absolute Gasteiger partial charge is 0.305 e. The van der Waals surface area contributed by atoms with E-state index in [1.807, 2.05) is 0 Å². The summed E-state index contributed by atoms with van der Waals surface area (Å²) in [6, 6.07) is 7.01. The lowest BCUT2D eigenvalue weighted by Gasteiger charge is -2.29. The van der Waals surface area contributed by atoms with Crippen molar-refractivity contribution in [1.82, 2.24) is 10.6 Å². The van der Waals surface area contributed by atoms with Gasteiger partial charge in [-0.2, -0.15) is 0 Å². The van der Waals surface area contributed by atoms with Crippen molar-refractivity contribution in [3.05, 3.63) is 35.9 Å². The zero-order valence-electron chi connectivity index (χ0n) is 9.42. The molecule has 18 heavy (non-hydrogen) atoms. The first-order valence-electron chi connectivity index (χ1n) is 5.45. The van der Waals surface area contributed by atoms with E-state index in [1.54, 1.807) is 30.3 Å². The molecule has 1 heterocycles. The van der Waals surface area contributed by atoms with Gasteiger partial charge in [0.05, 0.1) is 6.42 Å². The Labute approximate surface area is 103 Å². The summed E-state index contributed by atoms with van der Waals surface area (Å²) in [6.45, 7) is 0. The minimum Gasteiger partial charge on any atom is -0.481 e. The lowest BCUT2D eigenvalue weighted by molar-refractivity contribution is -0.143. The van der Waals surface area contributed by atoms with E-state index in [0.717, 1.165) is 0 Å². The van der Waals surface area contributed by atoms with Gasteiger partial charge in [-0.3, -0.25) is 14.4 Å². The van der Waals surface area contributed by atoms with E-state index in [2.05, 4.69) is 10.6 Å². The Kier molecular flexibility index (Phi) is 3.27. The number of nitrogens with one attached hydrogen (secondary N) is 2. The molecule has 6 nitrogen and oxygen atoms in total. The van der Waals surface area contributed by atoms with E-state index in [9.17, 15) is 14.4 Å². The number of carbonyl (C=O) groups excluding carboxylic acids is 2. The van der Waals surface area contributed by atoms with Gasteiger partial charge in [0.15, 0.2) is 0 Å². The number of hydrogen-bond acceptors (Lipinski definition) is 3. The molecule has 0 radical (unpaired) electrons. The van der Waals surface area contributed by atoms with Crippen molar-refractivity contribution < 1.29 is 19.5 Å². The van der Waals surface area contributed by atoms with Gasteiger partial charge >= 0.3 is 5.97 Å². The summed E-state index contributed by atoms with van der Waals surface area (Å²) in [5.74, 6) is -2.01. The molecule has 2 unspecified atom stereocenters. The Morgan fingerprint density at radius 3 is 2.39 bits per heavy atom. The number of rotatable bonds is 3. The predicted molar refractivity (Wildman–Crippen MR) is 61.5 cm³/mol. The van der Waals surface area contributed by atoms with Gasteiger partial charge in [0.25, 0.3) is 0 Å². The van der Waals surface area contributed by atoms with Crippen LogP contribution < -0.4 is 10.6 Å². The number of carboxylic acids is 1. The van der Waals surface area contributed by atoms with Gasteiger partial charge in [-0.15, -0.1) is 0 Å². The molecule has 0 bridgehead atoms. The van der Waals surface area contributed by atoms with Gasteiger partial charge in [-0.1, -0.05) is 30.3 Å². The fourth-order valence-corrected chi connectivity index (χ4v) is 1.83. The molecule has 6 heteroatoms. The zero-order valence-corrected chi connectivity index (χ0v) is 9.42. The summed E-state index contributed by atoms with van der Waals surface area (Å²) in [7, 11) is 0. The van der Waals surface area contributed by atoms with Crippen molar-refractivity contribution in [3.63, 3.8) is 0 Å². The fraction of sp³-hybridized carbons (Fsp3) is 0.250. The second-order valence-electron chi connectivity index (χ2n) is 4.01. The maximum atomic E-state index is 11.8. The van der Waals surface area contributed by atoms with E-state index < -0.39 is 36.3 Å². The van der Waals surface area contributed by atoms with Gasteiger partial charge < -0.3 is 15.7 Å². The van der Waals surface area contributed by atoms with Crippen LogP contribution in [0.1, 0.15) is 18.0 Å². The molecule has 1 aromatic carbocycles. The SMILES string of the molecule is O=C(O)CC1NC(=O)C(c2ccccc2)NC1=O. The van der Waals surface area contributed by atoms with Crippen LogP contribution in [0, 0.1) is 0 Å². The van der Waals surface area contributed by atoms with E-state index >= 15 is 0 Å². The highest BCUT2D eigenvalue weighted by Crippen LogP contribution is 2.16. The molecule has 0 aromatic heterocycles. The molecule has 1 aliphatic heterocycles. The third kappa shape index (κ3) is 2.48. The third-order valence-electron chi connectivity index (χ3n) is 2.69. The number of amides is 2. The monoisotopic (exact) mass is 248 g/mol. The molecular formula is C12H12N2O4. The maximum absolute atomic E-state index is 11.8. The summed E-state index contributed by atoms with van der Waals surface area (Å²) in [4.78, 5) is 34.0. The van der Waals surface area contributed by atoms with Crippen molar-refractivity contribution in [2.45, 2.75) is 18.5 Å². The summed E-state index contributed by atoms with van der Waals surface area (Å²) in [5, 5.41) is 13.6. The largest absolute Gasteiger partial charge is 0.481 e. The Bertz CT molecular complexity index is 486. The highest BCUT2D eigenvalue weighted by Gasteiger charge is 2.35. The second-order valence-corrected chi connectivity index (χ2v) is 4.01. The van der Waals surface area contributed by atoms with E-state index in [0.29, 0.717) is 5.56 Å². The number of aliphatic carboxylic acids is 1. The molecule has 1 saturated heterocycles. The normalized spacial score (nSPS) is 23.1. The summed E-state index contributed by atoms with van der Waals surface area (Å²) in [6.07, 6.45) is -0.418. The van der Waals surface area contributed by atoms with Crippen LogP contribution in [0.3, 0.4) is 0 Å². The van der Waals surface area contributed by atoms with Crippen LogP contribution in [0.5, 0.6) is 0 Å². The Morgan fingerprint density at radius 1 is 1.11 bits per heavy atom. The number of hydrogen-bond donors (Lipinski definition) is 3. The summed E-state index contributed by atoms with van der Waals surface area (Å²) < 4.78 is 0. The molecule has 2 atom stereocenters. The second kappa shape index (κ2) is 4.87. The van der Waals surface area contributed by atoms with Crippen LogP contribution in [0.15, 0.2) is 30.3 Å². The van der Waals surface area contributed by atoms with E-state index in [1.165, 1.54) is 0 Å². The molecule has 2 amide bonds. The van der Waals surface area contributed by atoms with E-state index in [-0.39, 0.29) is 0 Å². The molecule has 0 aliphatic carbocycles. The van der Waals surface area contributed by atoms with Crippen LogP contribution in [0.2, 0.25) is 0 Å². The minimum absolute atomic E-state index is 0.396. The van der Waals surface area contributed by atoms with Crippen LogP contribution in [-0.4, -0.2) is 28.9 Å². The average molecular weight is 248 g/mol. The summed E-state index contributed by atoms with van der Waals surface area (Å²) in [5.41, 5.74) is 0.664. The quantitative estimate of drug-likeness (QED) is 0.691. The van der Waals surface area contributed by atoms with Crippen molar-refractivity contribution in [1.29, 1.82) is 0 Å². The predicted octanol–water partition coefficient (Wildman–Crippen LogP) is -0.183. The number of piperazine rings is 1. The first-order valence-corrected chi connectivity index (χ1v) is 5.45. The topological polar surface area (TPSA) is 95.5 Å². The standard InChI is InChI=1S/C12H12N2O4/c15-9(16)6-8-11(17)14-10(12(18)13-8)7-4-2-1-3-5-7/h1-5,8,10H,6H2,(H,13,18)(H,14,17)(H,15,16). The van der Waals surface area contributed by atoms with Crippen molar-refractivity contribution in [2.24, 2.45) is 0 Å². The third-order valence-corrected chi connectivity index (χ3v) is 2.69. The van der Waals surface area contributed by atoms with Gasteiger partial charge in [-0.05, 0) is 5.56 Å². The highest BCUT2D eigenvalue weighted by molar-refractivity contribution is 5.99. The minimum atomic E-state index is -1.13. The molecule has 94 valence electrons. The fourth-order valence-electron chi connectivity index (χ4n) is 1.83. The van der Waals surface area contributed by atoms with Crippen molar-refractivity contribution in [2.75, 3.05) is 0 Å². The molecule has 2 rings (SSSR count). The Hall–Kier alpha value is -2.37. The van der Waals surface area contributed by atoms with Crippen molar-refractivity contribution >= 4 is 17.8 Å². The van der Waals surface area contributed by atoms with Gasteiger partial charge in [0.1, 0.15) is 12.1 Å². The summed E-state index contributed by atoms with van der Waals surface area (Å²) >= 11 is 0. The number of carboxylic acid groups (broad SMARTS) is 1. The van der Waals surface area contributed by atoms with E-state index in [4.69, 9.17) is 5.11 Å². The Morgan fingerprint density at radius 2 is 1.78 bits per heavy atom. The zero-order chi connectivity index (χ0) is 13.1. The Balaban J connectivity index is 2.13. The molecule has 1 fully saturated rings. The van der Waals surface area contributed by atoms with Crippen LogP contribution in [0.4, 0.5) is 0 Å². The maximum Gasteiger partial charge on any atom is 0.305 e. The lowest BCUT2D eigenvalue weighted by Crippen LogP contribution is -2.58. The molecule has 3 N–H and O–H groups in total. The highest BCUT2D eigenvalue weighted by atomic mass is 16.4. The molecule has 0 saturated carbocycles. The lowest BCUT2D eigenvalue weighted by atomic mass is 10.0. The molecule has 0 spiro atoms. The van der Waals surface area contributed by atoms with Crippen LogP contribution in [-0.2, 0) is 14.4 Å². The molecule has 1 aliphatic rings. The van der Waals surface area contributed by atoms with Gasteiger partial charge in [0, 0.05) is 0 Å². The number of benzene rings is 1. The first kappa shape index (κ1) is 12.1. The molecule has 1 aromatic rings. The van der Waals surface area contributed by atoms with Crippen molar-refractivity contribution in [3.8, 4) is 0 Å². The number of carbonyl (C=O) groups is 3. The average Bonchev–Trinajstić information content (AvgIpc) is 2.34. The van der Waals surface area contributed by atoms with Crippen LogP contribution >= 0.6 is 0 Å². The first-order chi connectivity index (χ1) is 8.58. The molecular weight excluding hydrogens is 236 g/mol.